The summed E-state index contributed by atoms with van der Waals surface area (Å²) in [6.45, 7) is 4.42. The Morgan fingerprint density at radius 2 is 2.03 bits per heavy atom. The second kappa shape index (κ2) is 8.82. The molecule has 0 aliphatic carbocycles. The molecule has 2 aromatic rings. The third-order valence-corrected chi connectivity index (χ3v) is 4.64. The molecule has 0 fully saturated rings. The summed E-state index contributed by atoms with van der Waals surface area (Å²) in [4.78, 5) is 23.6. The first-order valence-corrected chi connectivity index (χ1v) is 9.46. The molecule has 152 valence electrons. The SMILES string of the molecule is CCOc1cc2c(cc1/C=C/C(=O)c1ccc(OC)c(CC(=O)[O-])c1)O[C@H](C)C2. The predicted octanol–water partition coefficient (Wildman–Crippen LogP) is 2.61. The zero-order valence-corrected chi connectivity index (χ0v) is 16.7. The molecule has 0 saturated carbocycles. The number of benzene rings is 2. The highest BCUT2D eigenvalue weighted by atomic mass is 16.5. The molecule has 0 saturated heterocycles. The first-order valence-electron chi connectivity index (χ1n) is 9.46. The maximum absolute atomic E-state index is 12.6. The summed E-state index contributed by atoms with van der Waals surface area (Å²) in [5, 5.41) is 11.0. The van der Waals surface area contributed by atoms with Crippen molar-refractivity contribution >= 4 is 17.8 Å². The number of methoxy groups -OCH3 is 1. The lowest BCUT2D eigenvalue weighted by molar-refractivity contribution is -0.304. The normalized spacial score (nSPS) is 15.1. The number of carboxylic acids is 1. The van der Waals surface area contributed by atoms with E-state index in [0.29, 0.717) is 29.2 Å². The molecule has 1 aliphatic heterocycles. The van der Waals surface area contributed by atoms with Crippen LogP contribution < -0.4 is 19.3 Å². The molecule has 3 rings (SSSR count). The van der Waals surface area contributed by atoms with E-state index in [1.807, 2.05) is 26.0 Å². The van der Waals surface area contributed by atoms with E-state index < -0.39 is 5.97 Å². The van der Waals surface area contributed by atoms with Crippen molar-refractivity contribution in [2.45, 2.75) is 32.8 Å². The second-order valence-corrected chi connectivity index (χ2v) is 6.84. The van der Waals surface area contributed by atoms with Gasteiger partial charge in [0.2, 0.25) is 0 Å². The lowest BCUT2D eigenvalue weighted by Crippen LogP contribution is -2.24. The Morgan fingerprint density at radius 1 is 1.24 bits per heavy atom. The van der Waals surface area contributed by atoms with Crippen molar-refractivity contribution in [2.24, 2.45) is 0 Å². The quantitative estimate of drug-likeness (QED) is 0.505. The van der Waals surface area contributed by atoms with E-state index in [2.05, 4.69) is 0 Å². The lowest BCUT2D eigenvalue weighted by atomic mass is 10.0. The third-order valence-electron chi connectivity index (χ3n) is 4.64. The van der Waals surface area contributed by atoms with Gasteiger partial charge in [0, 0.05) is 41.1 Å². The Balaban J connectivity index is 1.87. The van der Waals surface area contributed by atoms with Gasteiger partial charge in [-0.15, -0.1) is 0 Å². The standard InChI is InChI=1S/C23H24O6/c1-4-28-21-12-17-9-14(2)29-22(17)11-16(21)5-7-19(24)15-6-8-20(27-3)18(10-15)13-23(25)26/h5-8,10-12,14H,4,9,13H2,1-3H3,(H,25,26)/p-1/b7-5+/t14-/m1/s1. The molecule has 0 bridgehead atoms. The average Bonchev–Trinajstić information content (AvgIpc) is 3.04. The van der Waals surface area contributed by atoms with Crippen LogP contribution in [0, 0.1) is 0 Å². The van der Waals surface area contributed by atoms with E-state index in [-0.39, 0.29) is 18.3 Å². The van der Waals surface area contributed by atoms with E-state index in [4.69, 9.17) is 14.2 Å². The van der Waals surface area contributed by atoms with Crippen molar-refractivity contribution in [3.63, 3.8) is 0 Å². The number of aliphatic carboxylic acids is 1. The molecule has 0 unspecified atom stereocenters. The van der Waals surface area contributed by atoms with Gasteiger partial charge in [0.1, 0.15) is 23.4 Å². The van der Waals surface area contributed by atoms with Crippen LogP contribution in [-0.4, -0.2) is 31.6 Å². The van der Waals surface area contributed by atoms with E-state index in [9.17, 15) is 14.7 Å². The van der Waals surface area contributed by atoms with Crippen LogP contribution in [0.3, 0.4) is 0 Å². The van der Waals surface area contributed by atoms with Gasteiger partial charge in [0.25, 0.3) is 0 Å². The highest BCUT2D eigenvalue weighted by Gasteiger charge is 2.21. The molecule has 1 heterocycles. The summed E-state index contributed by atoms with van der Waals surface area (Å²) >= 11 is 0. The first-order chi connectivity index (χ1) is 13.9. The molecule has 1 atom stereocenters. The van der Waals surface area contributed by atoms with E-state index in [1.54, 1.807) is 18.2 Å². The zero-order chi connectivity index (χ0) is 21.0. The number of carbonyl (C=O) groups excluding carboxylic acids is 2. The number of ether oxygens (including phenoxy) is 3. The van der Waals surface area contributed by atoms with Crippen LogP contribution in [0.15, 0.2) is 36.4 Å². The number of carbonyl (C=O) groups is 2. The van der Waals surface area contributed by atoms with Gasteiger partial charge in [-0.25, -0.2) is 0 Å². The average molecular weight is 395 g/mol. The molecule has 0 radical (unpaired) electrons. The van der Waals surface area contributed by atoms with Gasteiger partial charge in [-0.3, -0.25) is 4.79 Å². The van der Waals surface area contributed by atoms with Gasteiger partial charge < -0.3 is 24.1 Å². The Labute approximate surface area is 169 Å². The van der Waals surface area contributed by atoms with Gasteiger partial charge >= 0.3 is 0 Å². The smallest absolute Gasteiger partial charge is 0.185 e. The van der Waals surface area contributed by atoms with E-state index in [0.717, 1.165) is 23.3 Å². The van der Waals surface area contributed by atoms with Crippen molar-refractivity contribution < 1.29 is 28.9 Å². The Hall–Kier alpha value is -3.28. The van der Waals surface area contributed by atoms with Gasteiger partial charge in [-0.05, 0) is 56.3 Å². The van der Waals surface area contributed by atoms with Crippen LogP contribution in [0.2, 0.25) is 0 Å². The van der Waals surface area contributed by atoms with Gasteiger partial charge in [0.05, 0.1) is 13.7 Å². The lowest BCUT2D eigenvalue weighted by Gasteiger charge is -2.11. The Kier molecular flexibility index (Phi) is 6.22. The summed E-state index contributed by atoms with van der Waals surface area (Å²) in [5.74, 6) is 0.397. The number of fused-ring (bicyclic) bond motifs is 1. The van der Waals surface area contributed by atoms with Gasteiger partial charge in [-0.1, -0.05) is 0 Å². The summed E-state index contributed by atoms with van der Waals surface area (Å²) in [7, 11) is 1.45. The molecular formula is C23H23O6-. The van der Waals surface area contributed by atoms with Gasteiger partial charge in [-0.2, -0.15) is 0 Å². The maximum atomic E-state index is 12.6. The fourth-order valence-electron chi connectivity index (χ4n) is 3.35. The van der Waals surface area contributed by atoms with E-state index in [1.165, 1.54) is 19.3 Å². The zero-order valence-electron chi connectivity index (χ0n) is 16.7. The summed E-state index contributed by atoms with van der Waals surface area (Å²) < 4.78 is 16.7. The predicted molar refractivity (Wildman–Crippen MR) is 106 cm³/mol. The third kappa shape index (κ3) is 4.77. The van der Waals surface area contributed by atoms with Crippen LogP contribution in [0.25, 0.3) is 6.08 Å². The number of rotatable bonds is 8. The first kappa shape index (κ1) is 20.5. The molecule has 29 heavy (non-hydrogen) atoms. The number of hydrogen-bond acceptors (Lipinski definition) is 6. The molecule has 0 amide bonds. The Morgan fingerprint density at radius 3 is 2.72 bits per heavy atom. The summed E-state index contributed by atoms with van der Waals surface area (Å²) in [6.07, 6.45) is 3.73. The van der Waals surface area contributed by atoms with Crippen LogP contribution in [-0.2, 0) is 17.6 Å². The minimum absolute atomic E-state index is 0.113. The number of ketones is 1. The summed E-state index contributed by atoms with van der Waals surface area (Å²) in [6, 6.07) is 8.52. The summed E-state index contributed by atoms with van der Waals surface area (Å²) in [5.41, 5.74) is 2.59. The molecule has 6 heteroatoms. The number of carboxylic acid groups (broad SMARTS) is 1. The van der Waals surface area contributed by atoms with Crippen LogP contribution >= 0.6 is 0 Å². The fourth-order valence-corrected chi connectivity index (χ4v) is 3.35. The molecule has 1 aliphatic rings. The molecular weight excluding hydrogens is 372 g/mol. The van der Waals surface area contributed by atoms with E-state index >= 15 is 0 Å². The highest BCUT2D eigenvalue weighted by molar-refractivity contribution is 6.07. The highest BCUT2D eigenvalue weighted by Crippen LogP contribution is 2.35. The maximum Gasteiger partial charge on any atom is 0.185 e. The number of hydrogen-bond donors (Lipinski definition) is 0. The largest absolute Gasteiger partial charge is 0.550 e. The molecule has 0 N–H and O–H groups in total. The number of allylic oxidation sites excluding steroid dienone is 1. The molecule has 0 aromatic heterocycles. The van der Waals surface area contributed by atoms with Crippen LogP contribution in [0.5, 0.6) is 17.2 Å². The minimum Gasteiger partial charge on any atom is -0.550 e. The minimum atomic E-state index is -1.24. The second-order valence-electron chi connectivity index (χ2n) is 6.84. The van der Waals surface area contributed by atoms with Crippen molar-refractivity contribution in [1.29, 1.82) is 0 Å². The van der Waals surface area contributed by atoms with Crippen molar-refractivity contribution in [3.8, 4) is 17.2 Å². The molecule has 2 aromatic carbocycles. The molecule has 0 spiro atoms. The topological polar surface area (TPSA) is 84.9 Å². The van der Waals surface area contributed by atoms with Crippen LogP contribution in [0.4, 0.5) is 0 Å². The monoisotopic (exact) mass is 395 g/mol. The van der Waals surface area contributed by atoms with Gasteiger partial charge in [0.15, 0.2) is 5.78 Å². The fraction of sp³-hybridized carbons (Fsp3) is 0.304. The Bertz CT molecular complexity index is 960. The van der Waals surface area contributed by atoms with Crippen molar-refractivity contribution in [2.75, 3.05) is 13.7 Å². The van der Waals surface area contributed by atoms with Crippen molar-refractivity contribution in [1.82, 2.24) is 0 Å². The van der Waals surface area contributed by atoms with Crippen LogP contribution in [0.1, 0.15) is 40.9 Å². The molecule has 6 nitrogen and oxygen atoms in total. The van der Waals surface area contributed by atoms with Crippen molar-refractivity contribution in [3.05, 3.63) is 58.7 Å².